The Hall–Kier alpha value is -2.13. The van der Waals surface area contributed by atoms with Gasteiger partial charge in [-0.25, -0.2) is 25.2 Å². The lowest BCUT2D eigenvalue weighted by molar-refractivity contribution is 0.128. The summed E-state index contributed by atoms with van der Waals surface area (Å²) in [6, 6.07) is -0.00854. The van der Waals surface area contributed by atoms with Crippen LogP contribution in [0.2, 0.25) is 0 Å². The second kappa shape index (κ2) is 8.71. The second-order valence-corrected chi connectivity index (χ2v) is 7.83. The van der Waals surface area contributed by atoms with Crippen LogP contribution in [0, 0.1) is 6.92 Å². The minimum Gasteiger partial charge on any atom is -0.336 e. The van der Waals surface area contributed by atoms with Crippen molar-refractivity contribution in [1.29, 1.82) is 0 Å². The van der Waals surface area contributed by atoms with Crippen LogP contribution in [0.4, 0.5) is 10.6 Å². The average molecular weight is 392 g/mol. The van der Waals surface area contributed by atoms with Gasteiger partial charge in [0.1, 0.15) is 11.7 Å². The van der Waals surface area contributed by atoms with Gasteiger partial charge in [-0.3, -0.25) is 0 Å². The van der Waals surface area contributed by atoms with Gasteiger partial charge in [-0.2, -0.15) is 0 Å². The summed E-state index contributed by atoms with van der Waals surface area (Å²) in [4.78, 5) is 28.3. The number of hydrogen-bond donors (Lipinski definition) is 4. The number of amidine groups is 1. The highest BCUT2D eigenvalue weighted by molar-refractivity contribution is 7.80. The van der Waals surface area contributed by atoms with Gasteiger partial charge in [0, 0.05) is 25.6 Å². The monoisotopic (exact) mass is 391 g/mol. The number of rotatable bonds is 3. The molecular weight excluding hydrogens is 362 g/mol. The van der Waals surface area contributed by atoms with Crippen LogP contribution in [-0.4, -0.2) is 51.4 Å². The zero-order valence-corrected chi connectivity index (χ0v) is 17.5. The van der Waals surface area contributed by atoms with Crippen LogP contribution in [0.3, 0.4) is 0 Å². The highest BCUT2D eigenvalue weighted by Gasteiger charge is 2.32. The number of hydrazine groups is 1. The van der Waals surface area contributed by atoms with Gasteiger partial charge >= 0.3 is 6.03 Å². The molecule has 0 atom stereocenters. The van der Waals surface area contributed by atoms with Crippen LogP contribution in [0.1, 0.15) is 45.6 Å². The van der Waals surface area contributed by atoms with E-state index in [9.17, 15) is 4.79 Å². The second-order valence-electron chi connectivity index (χ2n) is 7.39. The van der Waals surface area contributed by atoms with E-state index < -0.39 is 0 Å². The first-order valence-corrected chi connectivity index (χ1v) is 9.43. The van der Waals surface area contributed by atoms with E-state index in [0.717, 1.165) is 0 Å². The van der Waals surface area contributed by atoms with Crippen molar-refractivity contribution in [1.82, 2.24) is 31.0 Å². The van der Waals surface area contributed by atoms with Gasteiger partial charge in [0.2, 0.25) is 0 Å². The number of hydrogen-bond acceptors (Lipinski definition) is 6. The summed E-state index contributed by atoms with van der Waals surface area (Å²) in [6.45, 7) is 14.6. The number of nitrogens with one attached hydrogen (secondary N) is 3. The van der Waals surface area contributed by atoms with Crippen molar-refractivity contribution in [3.63, 3.8) is 0 Å². The molecule has 0 aliphatic carbocycles. The summed E-state index contributed by atoms with van der Waals surface area (Å²) < 4.78 is 0. The SMILES string of the molecule is C=Cc1nc(C)nc(N=C2CCN(C(=O)NC(C)C)C(C)(C)CNN2)c1S. The normalized spacial score (nSPS) is 18.6. The predicted molar refractivity (Wildman–Crippen MR) is 111 cm³/mol. The maximum absolute atomic E-state index is 12.6. The quantitative estimate of drug-likeness (QED) is 0.594. The molecule has 2 heterocycles. The molecule has 0 radical (unpaired) electrons. The lowest BCUT2D eigenvalue weighted by Gasteiger charge is -2.41. The van der Waals surface area contributed by atoms with Crippen molar-refractivity contribution in [3.05, 3.63) is 18.1 Å². The lowest BCUT2D eigenvalue weighted by atomic mass is 10.0. The minimum absolute atomic E-state index is 0.0750. The maximum Gasteiger partial charge on any atom is 0.318 e. The Morgan fingerprint density at radius 3 is 2.78 bits per heavy atom. The lowest BCUT2D eigenvalue weighted by Crippen LogP contribution is -2.61. The van der Waals surface area contributed by atoms with Crippen LogP contribution in [0.25, 0.3) is 6.08 Å². The van der Waals surface area contributed by atoms with E-state index in [2.05, 4.69) is 50.3 Å². The molecule has 148 valence electrons. The standard InChI is InChI=1S/C18H29N7OS/c1-7-13-15(27)16(22-12(4)21-13)23-14-8-9-25(17(26)20-11(2)3)18(5,6)10-19-24-14/h7,11,19,27H,1,8-10H2,2-6H3,(H,20,26)(H,21,22,23,24). The van der Waals surface area contributed by atoms with Crippen molar-refractivity contribution in [2.75, 3.05) is 13.1 Å². The van der Waals surface area contributed by atoms with Crippen LogP contribution >= 0.6 is 12.6 Å². The number of thiol groups is 1. The molecule has 0 aromatic carbocycles. The van der Waals surface area contributed by atoms with E-state index in [1.165, 1.54) is 0 Å². The van der Waals surface area contributed by atoms with Gasteiger partial charge in [0.15, 0.2) is 5.82 Å². The third-order valence-corrected chi connectivity index (χ3v) is 4.58. The molecule has 8 nitrogen and oxygen atoms in total. The van der Waals surface area contributed by atoms with Crippen molar-refractivity contribution >= 4 is 36.4 Å². The summed E-state index contributed by atoms with van der Waals surface area (Å²) in [5.74, 6) is 1.75. The fourth-order valence-electron chi connectivity index (χ4n) is 2.75. The van der Waals surface area contributed by atoms with Gasteiger partial charge in [-0.1, -0.05) is 6.58 Å². The smallest absolute Gasteiger partial charge is 0.318 e. The number of aliphatic imine (C=N–C) groups is 1. The Bertz CT molecular complexity index is 745. The molecule has 1 aromatic heterocycles. The van der Waals surface area contributed by atoms with Gasteiger partial charge < -0.3 is 15.6 Å². The van der Waals surface area contributed by atoms with E-state index >= 15 is 0 Å². The molecule has 0 saturated carbocycles. The first kappa shape index (κ1) is 21.2. The predicted octanol–water partition coefficient (Wildman–Crippen LogP) is 2.44. The number of nitrogens with zero attached hydrogens (tertiary/aromatic N) is 4. The Morgan fingerprint density at radius 2 is 2.15 bits per heavy atom. The van der Waals surface area contributed by atoms with Crippen molar-refractivity contribution in [3.8, 4) is 0 Å². The fourth-order valence-corrected chi connectivity index (χ4v) is 2.99. The van der Waals surface area contributed by atoms with Gasteiger partial charge in [-0.15, -0.1) is 12.6 Å². The van der Waals surface area contributed by atoms with Crippen molar-refractivity contribution in [2.45, 2.75) is 57.5 Å². The highest BCUT2D eigenvalue weighted by atomic mass is 32.1. The first-order valence-electron chi connectivity index (χ1n) is 8.98. The van der Waals surface area contributed by atoms with Crippen LogP contribution < -0.4 is 16.2 Å². The Balaban J connectivity index is 2.27. The van der Waals surface area contributed by atoms with Crippen molar-refractivity contribution < 1.29 is 4.79 Å². The molecule has 1 aromatic rings. The van der Waals surface area contributed by atoms with E-state index in [-0.39, 0.29) is 17.6 Å². The number of carbonyl (C=O) groups excluding carboxylic acids is 1. The summed E-state index contributed by atoms with van der Waals surface area (Å²) >= 11 is 4.48. The van der Waals surface area contributed by atoms with Crippen LogP contribution in [0.5, 0.6) is 0 Å². The van der Waals surface area contributed by atoms with Gasteiger partial charge in [0.05, 0.1) is 16.1 Å². The summed E-state index contributed by atoms with van der Waals surface area (Å²) in [6.07, 6.45) is 2.17. The molecule has 1 aliphatic heterocycles. The van der Waals surface area contributed by atoms with Crippen LogP contribution in [0.15, 0.2) is 16.5 Å². The number of urea groups is 1. The molecular formula is C18H29N7OS. The summed E-state index contributed by atoms with van der Waals surface area (Å²) in [7, 11) is 0. The van der Waals surface area contributed by atoms with E-state index in [1.807, 2.05) is 32.6 Å². The topological polar surface area (TPSA) is 94.5 Å². The average Bonchev–Trinajstić information content (AvgIpc) is 2.55. The molecule has 1 aliphatic rings. The Labute approximate surface area is 166 Å². The molecule has 1 fully saturated rings. The molecule has 0 spiro atoms. The zero-order valence-electron chi connectivity index (χ0n) is 16.6. The Morgan fingerprint density at radius 1 is 1.44 bits per heavy atom. The molecule has 1 saturated heterocycles. The van der Waals surface area contributed by atoms with E-state index in [0.29, 0.717) is 47.6 Å². The number of aromatic nitrogens is 2. The van der Waals surface area contributed by atoms with Crippen molar-refractivity contribution in [2.24, 2.45) is 4.99 Å². The van der Waals surface area contributed by atoms with Gasteiger partial charge in [-0.05, 0) is 40.7 Å². The zero-order chi connectivity index (χ0) is 20.2. The molecule has 27 heavy (non-hydrogen) atoms. The molecule has 3 N–H and O–H groups in total. The molecule has 0 bridgehead atoms. The largest absolute Gasteiger partial charge is 0.336 e. The molecule has 2 rings (SSSR count). The minimum atomic E-state index is -0.353. The first-order chi connectivity index (χ1) is 12.6. The Kier molecular flexibility index (Phi) is 6.83. The third kappa shape index (κ3) is 5.43. The van der Waals surface area contributed by atoms with Gasteiger partial charge in [0.25, 0.3) is 0 Å². The number of amides is 2. The summed E-state index contributed by atoms with van der Waals surface area (Å²) in [5.41, 5.74) is 6.58. The maximum atomic E-state index is 12.6. The molecule has 2 amide bonds. The number of carbonyl (C=O) groups is 1. The van der Waals surface area contributed by atoms with E-state index in [4.69, 9.17) is 0 Å². The highest BCUT2D eigenvalue weighted by Crippen LogP contribution is 2.25. The molecule has 0 unspecified atom stereocenters. The molecule has 9 heteroatoms. The third-order valence-electron chi connectivity index (χ3n) is 4.15. The number of aryl methyl sites for hydroxylation is 1. The fraction of sp³-hybridized carbons (Fsp3) is 0.556. The van der Waals surface area contributed by atoms with Crippen LogP contribution in [-0.2, 0) is 0 Å². The summed E-state index contributed by atoms with van der Waals surface area (Å²) in [5, 5.41) is 2.97. The van der Waals surface area contributed by atoms with E-state index in [1.54, 1.807) is 13.0 Å².